The van der Waals surface area contributed by atoms with E-state index < -0.39 is 5.97 Å². The van der Waals surface area contributed by atoms with E-state index in [1.165, 1.54) is 0 Å². The highest BCUT2D eigenvalue weighted by atomic mass is 32.1. The first-order valence-electron chi connectivity index (χ1n) is 3.95. The minimum Gasteiger partial charge on any atom is -0.478 e. The van der Waals surface area contributed by atoms with Crippen molar-refractivity contribution < 1.29 is 14.3 Å². The lowest BCUT2D eigenvalue weighted by molar-refractivity contribution is 0.0698. The standard InChI is InChI=1S/C9H7NO3S/c1-4-2-3-5-7(6(4)8(11)12)10-9(14)13-5/h2-3H,1H3,(H,10,14)(H,11,12). The molecule has 0 bridgehead atoms. The average Bonchev–Trinajstić information content (AvgIpc) is 2.43. The van der Waals surface area contributed by atoms with Gasteiger partial charge in [0.05, 0.1) is 11.1 Å². The highest BCUT2D eigenvalue weighted by Gasteiger charge is 2.14. The molecule has 0 aliphatic rings. The Morgan fingerprint density at radius 2 is 2.29 bits per heavy atom. The van der Waals surface area contributed by atoms with Crippen LogP contribution in [0.4, 0.5) is 0 Å². The zero-order valence-electron chi connectivity index (χ0n) is 7.33. The van der Waals surface area contributed by atoms with Crippen molar-refractivity contribution in [3.8, 4) is 0 Å². The summed E-state index contributed by atoms with van der Waals surface area (Å²) >= 11 is 4.79. The Morgan fingerprint density at radius 3 is 2.93 bits per heavy atom. The Morgan fingerprint density at radius 1 is 1.57 bits per heavy atom. The monoisotopic (exact) mass is 209 g/mol. The lowest BCUT2D eigenvalue weighted by Gasteiger charge is -1.99. The Bertz CT molecular complexity index is 567. The van der Waals surface area contributed by atoms with Crippen LogP contribution in [-0.4, -0.2) is 16.1 Å². The lowest BCUT2D eigenvalue weighted by Crippen LogP contribution is -2.00. The first-order chi connectivity index (χ1) is 6.59. The highest BCUT2D eigenvalue weighted by molar-refractivity contribution is 7.71. The van der Waals surface area contributed by atoms with Crippen LogP contribution in [0.1, 0.15) is 15.9 Å². The summed E-state index contributed by atoms with van der Waals surface area (Å²) in [6, 6.07) is 3.39. The largest absolute Gasteiger partial charge is 0.478 e. The fourth-order valence-electron chi connectivity index (χ4n) is 1.40. The minimum atomic E-state index is -0.986. The third kappa shape index (κ3) is 1.22. The van der Waals surface area contributed by atoms with E-state index in [0.29, 0.717) is 16.7 Å². The van der Waals surface area contributed by atoms with Gasteiger partial charge >= 0.3 is 5.97 Å². The summed E-state index contributed by atoms with van der Waals surface area (Å²) in [7, 11) is 0. The molecule has 0 atom stereocenters. The maximum atomic E-state index is 10.9. The Balaban J connectivity index is 2.95. The van der Waals surface area contributed by atoms with E-state index in [1.54, 1.807) is 19.1 Å². The predicted molar refractivity (Wildman–Crippen MR) is 53.1 cm³/mol. The van der Waals surface area contributed by atoms with Gasteiger partial charge in [0.15, 0.2) is 5.58 Å². The fraction of sp³-hybridized carbons (Fsp3) is 0.111. The van der Waals surface area contributed by atoms with Crippen LogP contribution in [0, 0.1) is 11.8 Å². The maximum absolute atomic E-state index is 10.9. The van der Waals surface area contributed by atoms with E-state index in [-0.39, 0.29) is 10.4 Å². The van der Waals surface area contributed by atoms with E-state index >= 15 is 0 Å². The average molecular weight is 209 g/mol. The first-order valence-corrected chi connectivity index (χ1v) is 4.36. The minimum absolute atomic E-state index is 0.188. The summed E-state index contributed by atoms with van der Waals surface area (Å²) in [5, 5.41) is 8.98. The zero-order valence-corrected chi connectivity index (χ0v) is 8.14. The summed E-state index contributed by atoms with van der Waals surface area (Å²) in [5.41, 5.74) is 1.81. The van der Waals surface area contributed by atoms with Gasteiger partial charge in [-0.15, -0.1) is 0 Å². The summed E-state index contributed by atoms with van der Waals surface area (Å²) in [6.07, 6.45) is 0. The van der Waals surface area contributed by atoms with Gasteiger partial charge in [-0.1, -0.05) is 6.07 Å². The van der Waals surface area contributed by atoms with Crippen LogP contribution in [0.2, 0.25) is 0 Å². The number of aromatic carboxylic acids is 1. The molecule has 0 spiro atoms. The van der Waals surface area contributed by atoms with Crippen molar-refractivity contribution in [3.63, 3.8) is 0 Å². The molecular formula is C9H7NO3S. The van der Waals surface area contributed by atoms with Crippen LogP contribution in [-0.2, 0) is 0 Å². The molecule has 2 N–H and O–H groups in total. The van der Waals surface area contributed by atoms with Gasteiger partial charge in [-0.3, -0.25) is 0 Å². The number of aromatic nitrogens is 1. The molecule has 0 saturated carbocycles. The van der Waals surface area contributed by atoms with Crippen LogP contribution in [0.5, 0.6) is 0 Å². The van der Waals surface area contributed by atoms with E-state index in [2.05, 4.69) is 4.98 Å². The van der Waals surface area contributed by atoms with E-state index in [9.17, 15) is 4.79 Å². The molecule has 0 unspecified atom stereocenters. The van der Waals surface area contributed by atoms with Crippen molar-refractivity contribution in [2.45, 2.75) is 6.92 Å². The van der Waals surface area contributed by atoms with Crippen LogP contribution < -0.4 is 0 Å². The Kier molecular flexibility index (Phi) is 1.89. The number of nitrogens with one attached hydrogen (secondary N) is 1. The van der Waals surface area contributed by atoms with Gasteiger partial charge in [-0.2, -0.15) is 0 Å². The maximum Gasteiger partial charge on any atom is 0.338 e. The summed E-state index contributed by atoms with van der Waals surface area (Å²) in [4.78, 5) is 13.9. The van der Waals surface area contributed by atoms with E-state index in [0.717, 1.165) is 0 Å². The second-order valence-corrected chi connectivity index (χ2v) is 3.32. The third-order valence-corrected chi connectivity index (χ3v) is 2.20. The van der Waals surface area contributed by atoms with Crippen molar-refractivity contribution in [2.24, 2.45) is 0 Å². The molecule has 0 fully saturated rings. The number of hydrogen-bond donors (Lipinski definition) is 2. The number of carbonyl (C=O) groups is 1. The van der Waals surface area contributed by atoms with E-state index in [4.69, 9.17) is 21.7 Å². The molecule has 5 heteroatoms. The number of aryl methyl sites for hydroxylation is 1. The van der Waals surface area contributed by atoms with Gasteiger partial charge in [-0.25, -0.2) is 4.79 Å². The van der Waals surface area contributed by atoms with Crippen molar-refractivity contribution in [1.82, 2.24) is 4.98 Å². The molecule has 4 nitrogen and oxygen atoms in total. The zero-order chi connectivity index (χ0) is 10.3. The lowest BCUT2D eigenvalue weighted by atomic mass is 10.1. The SMILES string of the molecule is Cc1ccc2oc(=S)[nH]c2c1C(=O)O. The van der Waals surface area contributed by atoms with Gasteiger partial charge in [0.25, 0.3) is 4.84 Å². The molecule has 1 aromatic heterocycles. The summed E-state index contributed by atoms with van der Waals surface area (Å²) < 4.78 is 5.11. The van der Waals surface area contributed by atoms with Crippen LogP contribution in [0.25, 0.3) is 11.1 Å². The van der Waals surface area contributed by atoms with Crippen molar-refractivity contribution in [1.29, 1.82) is 0 Å². The summed E-state index contributed by atoms with van der Waals surface area (Å²) in [6.45, 7) is 1.73. The smallest absolute Gasteiger partial charge is 0.338 e. The Labute approximate surface area is 84.2 Å². The third-order valence-electron chi connectivity index (χ3n) is 2.02. The first kappa shape index (κ1) is 8.96. The molecule has 14 heavy (non-hydrogen) atoms. The molecule has 2 aromatic rings. The predicted octanol–water partition coefficient (Wildman–Crippen LogP) is 2.50. The number of carboxylic acids is 1. The quantitative estimate of drug-likeness (QED) is 0.708. The van der Waals surface area contributed by atoms with E-state index in [1.807, 2.05) is 0 Å². The normalized spacial score (nSPS) is 10.6. The number of oxazole rings is 1. The highest BCUT2D eigenvalue weighted by Crippen LogP contribution is 2.21. The number of H-pyrrole nitrogens is 1. The second-order valence-electron chi connectivity index (χ2n) is 2.95. The van der Waals surface area contributed by atoms with Crippen LogP contribution >= 0.6 is 12.2 Å². The topological polar surface area (TPSA) is 66.2 Å². The molecule has 72 valence electrons. The molecule has 2 rings (SSSR count). The molecule has 0 aliphatic carbocycles. The van der Waals surface area contributed by atoms with Crippen molar-refractivity contribution >= 4 is 29.3 Å². The number of rotatable bonds is 1. The van der Waals surface area contributed by atoms with Crippen molar-refractivity contribution in [3.05, 3.63) is 28.1 Å². The molecule has 0 aliphatic heterocycles. The molecule has 0 radical (unpaired) electrons. The molecule has 0 amide bonds. The molecule has 0 saturated heterocycles. The van der Waals surface area contributed by atoms with Gasteiger partial charge in [-0.05, 0) is 30.8 Å². The van der Waals surface area contributed by atoms with Gasteiger partial charge < -0.3 is 14.5 Å². The Hall–Kier alpha value is -1.62. The van der Waals surface area contributed by atoms with Gasteiger partial charge in [0, 0.05) is 0 Å². The molecular weight excluding hydrogens is 202 g/mol. The van der Waals surface area contributed by atoms with Crippen LogP contribution in [0.15, 0.2) is 16.5 Å². The molecule has 1 heterocycles. The van der Waals surface area contributed by atoms with Crippen molar-refractivity contribution in [2.75, 3.05) is 0 Å². The van der Waals surface area contributed by atoms with Gasteiger partial charge in [0.1, 0.15) is 0 Å². The number of fused-ring (bicyclic) bond motifs is 1. The summed E-state index contributed by atoms with van der Waals surface area (Å²) in [5.74, 6) is -0.986. The van der Waals surface area contributed by atoms with Gasteiger partial charge in [0.2, 0.25) is 0 Å². The number of aromatic amines is 1. The fourth-order valence-corrected chi connectivity index (χ4v) is 1.59. The number of carboxylic acid groups (broad SMARTS) is 1. The molecule has 1 aromatic carbocycles. The number of hydrogen-bond acceptors (Lipinski definition) is 3. The second kappa shape index (κ2) is 2.95. The number of benzene rings is 1. The van der Waals surface area contributed by atoms with Crippen LogP contribution in [0.3, 0.4) is 0 Å².